The number of aliphatic hydroxyl groups excluding tert-OH is 1. The molecule has 0 spiro atoms. The molecule has 0 fully saturated rings. The molecule has 1 atom stereocenters. The number of aliphatic hydroxyl groups is 1. The highest BCUT2D eigenvalue weighted by atomic mass is 16.5. The molecule has 1 aromatic carbocycles. The fraction of sp³-hybridized carbons (Fsp3) is 0.375. The van der Waals surface area contributed by atoms with Gasteiger partial charge in [0.25, 0.3) is 0 Å². The number of hydrogen-bond acceptors (Lipinski definition) is 4. The number of aromatic nitrogens is 2. The first-order valence-electron chi connectivity index (χ1n) is 7.18. The minimum absolute atomic E-state index is 0.130. The van der Waals surface area contributed by atoms with E-state index in [1.807, 2.05) is 44.2 Å². The Bertz CT molecular complexity index is 625. The molecule has 0 aliphatic heterocycles. The first-order chi connectivity index (χ1) is 10.5. The third-order valence-corrected chi connectivity index (χ3v) is 3.07. The zero-order valence-electron chi connectivity index (χ0n) is 12.8. The molecule has 1 aromatic heterocycles. The maximum Gasteiger partial charge on any atom is 0.226 e. The second-order valence-corrected chi connectivity index (χ2v) is 5.30. The summed E-state index contributed by atoms with van der Waals surface area (Å²) in [6.07, 6.45) is -0.569. The van der Waals surface area contributed by atoms with Crippen molar-refractivity contribution in [1.29, 1.82) is 0 Å². The van der Waals surface area contributed by atoms with Crippen molar-refractivity contribution in [3.8, 4) is 5.75 Å². The summed E-state index contributed by atoms with van der Waals surface area (Å²) in [7, 11) is 0. The highest BCUT2D eigenvalue weighted by Crippen LogP contribution is 2.12. The predicted octanol–water partition coefficient (Wildman–Crippen LogP) is 1.13. The summed E-state index contributed by atoms with van der Waals surface area (Å²) in [6, 6.07) is 9.41. The third kappa shape index (κ3) is 5.21. The number of carbonyl (C=O) groups is 1. The van der Waals surface area contributed by atoms with Crippen LogP contribution in [0.3, 0.4) is 0 Å². The van der Waals surface area contributed by atoms with Gasteiger partial charge in [0.2, 0.25) is 5.91 Å². The van der Waals surface area contributed by atoms with Crippen LogP contribution in [0.2, 0.25) is 0 Å². The molecule has 1 heterocycles. The van der Waals surface area contributed by atoms with Gasteiger partial charge in [-0.05, 0) is 37.6 Å². The Morgan fingerprint density at radius 1 is 1.41 bits per heavy atom. The largest absolute Gasteiger partial charge is 0.491 e. The van der Waals surface area contributed by atoms with Gasteiger partial charge in [0.1, 0.15) is 18.5 Å². The topological polar surface area (TPSA) is 87.2 Å². The number of H-pyrrole nitrogens is 1. The average Bonchev–Trinajstić information content (AvgIpc) is 2.88. The van der Waals surface area contributed by atoms with Crippen molar-refractivity contribution in [2.45, 2.75) is 26.4 Å². The van der Waals surface area contributed by atoms with Crippen molar-refractivity contribution in [2.75, 3.05) is 13.2 Å². The molecule has 0 saturated carbocycles. The Kier molecular flexibility index (Phi) is 5.55. The Morgan fingerprint density at radius 2 is 2.23 bits per heavy atom. The van der Waals surface area contributed by atoms with Gasteiger partial charge in [-0.3, -0.25) is 9.89 Å². The standard InChI is InChI=1S/C16H21N3O3/c1-11-4-3-5-15(6-11)22-10-14(20)9-17-16(21)8-13-7-12(2)18-19-13/h3-7,14,20H,8-10H2,1-2H3,(H,17,21)(H,18,19). The number of aromatic amines is 1. The van der Waals surface area contributed by atoms with E-state index in [-0.39, 0.29) is 25.5 Å². The lowest BCUT2D eigenvalue weighted by Crippen LogP contribution is -2.36. The number of rotatable bonds is 7. The molecule has 2 rings (SSSR count). The van der Waals surface area contributed by atoms with Crippen molar-refractivity contribution in [2.24, 2.45) is 0 Å². The van der Waals surface area contributed by atoms with Crippen LogP contribution in [0, 0.1) is 13.8 Å². The van der Waals surface area contributed by atoms with Gasteiger partial charge >= 0.3 is 0 Å². The summed E-state index contributed by atoms with van der Waals surface area (Å²) in [4.78, 5) is 11.7. The lowest BCUT2D eigenvalue weighted by Gasteiger charge is -2.13. The van der Waals surface area contributed by atoms with Crippen LogP contribution in [0.15, 0.2) is 30.3 Å². The molecule has 22 heavy (non-hydrogen) atoms. The first kappa shape index (κ1) is 16.0. The molecular formula is C16H21N3O3. The highest BCUT2D eigenvalue weighted by molar-refractivity contribution is 5.78. The van der Waals surface area contributed by atoms with Crippen molar-refractivity contribution < 1.29 is 14.6 Å². The molecule has 6 heteroatoms. The smallest absolute Gasteiger partial charge is 0.226 e. The third-order valence-electron chi connectivity index (χ3n) is 3.07. The maximum atomic E-state index is 11.7. The first-order valence-corrected chi connectivity index (χ1v) is 7.18. The molecule has 1 unspecified atom stereocenters. The average molecular weight is 303 g/mol. The number of benzene rings is 1. The van der Waals surface area contributed by atoms with E-state index in [0.29, 0.717) is 11.4 Å². The second-order valence-electron chi connectivity index (χ2n) is 5.30. The van der Waals surface area contributed by atoms with Gasteiger partial charge in [0, 0.05) is 12.2 Å². The molecular weight excluding hydrogens is 282 g/mol. The van der Waals surface area contributed by atoms with Crippen LogP contribution in [0.1, 0.15) is 17.0 Å². The molecule has 0 aliphatic rings. The number of carbonyl (C=O) groups excluding carboxylic acids is 1. The van der Waals surface area contributed by atoms with Crippen LogP contribution < -0.4 is 10.1 Å². The molecule has 0 saturated heterocycles. The van der Waals surface area contributed by atoms with Crippen molar-refractivity contribution >= 4 is 5.91 Å². The van der Waals surface area contributed by atoms with Crippen molar-refractivity contribution in [1.82, 2.24) is 15.5 Å². The minimum Gasteiger partial charge on any atom is -0.491 e. The van der Waals surface area contributed by atoms with Gasteiger partial charge < -0.3 is 15.2 Å². The van der Waals surface area contributed by atoms with Gasteiger partial charge in [0.15, 0.2) is 0 Å². The van der Waals surface area contributed by atoms with Gasteiger partial charge in [-0.1, -0.05) is 12.1 Å². The van der Waals surface area contributed by atoms with Crippen LogP contribution in [0.5, 0.6) is 5.75 Å². The lowest BCUT2D eigenvalue weighted by atomic mass is 10.2. The Morgan fingerprint density at radius 3 is 2.91 bits per heavy atom. The van der Waals surface area contributed by atoms with E-state index >= 15 is 0 Å². The van der Waals surface area contributed by atoms with E-state index in [1.165, 1.54) is 0 Å². The summed E-state index contributed by atoms with van der Waals surface area (Å²) in [5.74, 6) is 0.526. The molecule has 2 aromatic rings. The lowest BCUT2D eigenvalue weighted by molar-refractivity contribution is -0.121. The summed E-state index contributed by atoms with van der Waals surface area (Å²) >= 11 is 0. The van der Waals surface area contributed by atoms with Crippen LogP contribution >= 0.6 is 0 Å². The van der Waals surface area contributed by atoms with E-state index in [2.05, 4.69) is 15.5 Å². The number of amides is 1. The summed E-state index contributed by atoms with van der Waals surface area (Å²) < 4.78 is 5.48. The maximum absolute atomic E-state index is 11.7. The van der Waals surface area contributed by atoms with E-state index in [1.54, 1.807) is 0 Å². The van der Waals surface area contributed by atoms with Gasteiger partial charge in [-0.2, -0.15) is 5.10 Å². The Labute approximate surface area is 129 Å². The number of hydrogen-bond donors (Lipinski definition) is 3. The van der Waals surface area contributed by atoms with E-state index in [0.717, 1.165) is 11.3 Å². The molecule has 118 valence electrons. The minimum atomic E-state index is -0.759. The van der Waals surface area contributed by atoms with E-state index in [4.69, 9.17) is 4.74 Å². The fourth-order valence-electron chi connectivity index (χ4n) is 1.98. The number of ether oxygens (including phenoxy) is 1. The zero-order valence-corrected chi connectivity index (χ0v) is 12.8. The van der Waals surface area contributed by atoms with Gasteiger partial charge in [0.05, 0.1) is 12.1 Å². The molecule has 0 radical (unpaired) electrons. The van der Waals surface area contributed by atoms with Crippen LogP contribution in [-0.4, -0.2) is 40.5 Å². The fourth-order valence-corrected chi connectivity index (χ4v) is 1.98. The van der Waals surface area contributed by atoms with Crippen molar-refractivity contribution in [3.05, 3.63) is 47.3 Å². The highest BCUT2D eigenvalue weighted by Gasteiger charge is 2.10. The normalized spacial score (nSPS) is 12.0. The SMILES string of the molecule is Cc1cccc(OCC(O)CNC(=O)Cc2cc(C)[nH]n2)c1. The van der Waals surface area contributed by atoms with Crippen molar-refractivity contribution in [3.63, 3.8) is 0 Å². The van der Waals surface area contributed by atoms with Gasteiger partial charge in [-0.15, -0.1) is 0 Å². The number of aryl methyl sites for hydroxylation is 2. The Hall–Kier alpha value is -2.34. The molecule has 6 nitrogen and oxygen atoms in total. The summed E-state index contributed by atoms with van der Waals surface area (Å²) in [5.41, 5.74) is 2.68. The monoisotopic (exact) mass is 303 g/mol. The molecule has 0 bridgehead atoms. The second kappa shape index (κ2) is 7.61. The number of nitrogens with one attached hydrogen (secondary N) is 2. The van der Waals surface area contributed by atoms with Crippen LogP contribution in [-0.2, 0) is 11.2 Å². The van der Waals surface area contributed by atoms with Crippen LogP contribution in [0.4, 0.5) is 0 Å². The summed E-state index contributed by atoms with van der Waals surface area (Å²) in [5, 5.41) is 19.3. The molecule has 0 aliphatic carbocycles. The Balaban J connectivity index is 1.68. The van der Waals surface area contributed by atoms with E-state index < -0.39 is 6.10 Å². The molecule has 3 N–H and O–H groups in total. The predicted molar refractivity (Wildman–Crippen MR) is 82.7 cm³/mol. The quantitative estimate of drug-likeness (QED) is 0.715. The zero-order chi connectivity index (χ0) is 15.9. The molecule has 1 amide bonds. The summed E-state index contributed by atoms with van der Waals surface area (Å²) in [6.45, 7) is 4.13. The van der Waals surface area contributed by atoms with Crippen LogP contribution in [0.25, 0.3) is 0 Å². The number of nitrogens with zero attached hydrogens (tertiary/aromatic N) is 1. The van der Waals surface area contributed by atoms with E-state index in [9.17, 15) is 9.90 Å². The van der Waals surface area contributed by atoms with Gasteiger partial charge in [-0.25, -0.2) is 0 Å².